The van der Waals surface area contributed by atoms with Gasteiger partial charge in [0, 0.05) is 11.8 Å². The highest BCUT2D eigenvalue weighted by molar-refractivity contribution is 5.92. The topological polar surface area (TPSA) is 12.9 Å². The Bertz CT molecular complexity index is 1300. The molecule has 32 heavy (non-hydrogen) atoms. The van der Waals surface area contributed by atoms with Crippen LogP contribution in [0.2, 0.25) is 0 Å². The van der Waals surface area contributed by atoms with Crippen LogP contribution in [0.3, 0.4) is 0 Å². The van der Waals surface area contributed by atoms with E-state index in [-0.39, 0.29) is 5.41 Å². The lowest BCUT2D eigenvalue weighted by Crippen LogP contribution is -2.12. The Morgan fingerprint density at radius 3 is 2.47 bits per heavy atom. The number of benzene rings is 3. The molecule has 0 unspecified atom stereocenters. The van der Waals surface area contributed by atoms with E-state index in [4.69, 9.17) is 4.98 Å². The maximum absolute atomic E-state index is 4.92. The molecule has 0 saturated carbocycles. The van der Waals surface area contributed by atoms with Gasteiger partial charge in [-0.25, -0.2) is 0 Å². The summed E-state index contributed by atoms with van der Waals surface area (Å²) in [5, 5.41) is 2.64. The molecule has 0 atom stereocenters. The van der Waals surface area contributed by atoms with Crippen molar-refractivity contribution in [3.8, 4) is 22.4 Å². The van der Waals surface area contributed by atoms with Gasteiger partial charge in [0.05, 0.1) is 5.69 Å². The van der Waals surface area contributed by atoms with Gasteiger partial charge in [-0.15, -0.1) is 0 Å². The lowest BCUT2D eigenvalue weighted by atomic mass is 9.80. The Morgan fingerprint density at radius 1 is 0.875 bits per heavy atom. The Hall–Kier alpha value is -2.93. The third-order valence-corrected chi connectivity index (χ3v) is 6.75. The number of aryl methyl sites for hydroxylation is 1. The monoisotopic (exact) mass is 419 g/mol. The van der Waals surface area contributed by atoms with Gasteiger partial charge in [0.1, 0.15) is 0 Å². The fraction of sp³-hybridized carbons (Fsp3) is 0.323. The molecule has 0 amide bonds. The molecule has 162 valence electrons. The summed E-state index contributed by atoms with van der Waals surface area (Å²) in [4.78, 5) is 4.92. The van der Waals surface area contributed by atoms with Crippen molar-refractivity contribution in [3.63, 3.8) is 0 Å². The maximum atomic E-state index is 4.92. The van der Waals surface area contributed by atoms with Crippen LogP contribution < -0.4 is 0 Å². The van der Waals surface area contributed by atoms with Gasteiger partial charge in [0.25, 0.3) is 0 Å². The molecule has 1 aromatic heterocycles. The van der Waals surface area contributed by atoms with Crippen molar-refractivity contribution in [2.24, 2.45) is 5.92 Å². The molecule has 0 bridgehead atoms. The second-order valence-electron chi connectivity index (χ2n) is 10.8. The number of hydrogen-bond donors (Lipinski definition) is 0. The number of hydrogen-bond acceptors (Lipinski definition) is 1. The van der Waals surface area contributed by atoms with Gasteiger partial charge in [0.2, 0.25) is 0 Å². The quantitative estimate of drug-likeness (QED) is 0.326. The van der Waals surface area contributed by atoms with Gasteiger partial charge < -0.3 is 0 Å². The third-order valence-electron chi connectivity index (χ3n) is 6.75. The first kappa shape index (κ1) is 20.9. The summed E-state index contributed by atoms with van der Waals surface area (Å²) in [6, 6.07) is 22.8. The number of pyridine rings is 1. The molecule has 1 aliphatic carbocycles. The second kappa shape index (κ2) is 7.89. The number of nitrogens with zero attached hydrogens (tertiary/aromatic N) is 1. The summed E-state index contributed by atoms with van der Waals surface area (Å²) < 4.78 is 0. The molecular formula is C31H33N. The van der Waals surface area contributed by atoms with Gasteiger partial charge >= 0.3 is 0 Å². The molecule has 0 saturated heterocycles. The van der Waals surface area contributed by atoms with E-state index in [1.807, 2.05) is 6.20 Å². The Balaban J connectivity index is 1.66. The number of fused-ring (bicyclic) bond motifs is 4. The standard InChI is InChI=1S/C31H33N/c1-20(2)16-21-10-12-25-23(17-21)11-13-28-27(25)14-15-32-30(28)24-18-22-8-6-7-9-26(22)29(19-24)31(3,4)5/h6-10,12,14-15,17-20H,11,13,16H2,1-5H3. The zero-order valence-electron chi connectivity index (χ0n) is 20.0. The van der Waals surface area contributed by atoms with Crippen LogP contribution in [0.4, 0.5) is 0 Å². The molecule has 1 heteroatoms. The minimum absolute atomic E-state index is 0.0733. The molecule has 0 radical (unpaired) electrons. The van der Waals surface area contributed by atoms with E-state index in [0.717, 1.165) is 25.0 Å². The average molecular weight is 420 g/mol. The average Bonchev–Trinajstić information content (AvgIpc) is 2.76. The highest BCUT2D eigenvalue weighted by Crippen LogP contribution is 2.40. The lowest BCUT2D eigenvalue weighted by molar-refractivity contribution is 0.596. The molecule has 5 rings (SSSR count). The van der Waals surface area contributed by atoms with Crippen molar-refractivity contribution < 1.29 is 0 Å². The first-order valence-electron chi connectivity index (χ1n) is 11.9. The normalized spacial score (nSPS) is 13.3. The summed E-state index contributed by atoms with van der Waals surface area (Å²) in [6.07, 6.45) is 5.28. The van der Waals surface area contributed by atoms with E-state index in [9.17, 15) is 0 Å². The number of rotatable bonds is 3. The van der Waals surface area contributed by atoms with E-state index >= 15 is 0 Å². The van der Waals surface area contributed by atoms with E-state index in [0.29, 0.717) is 5.92 Å². The van der Waals surface area contributed by atoms with E-state index in [2.05, 4.69) is 95.3 Å². The van der Waals surface area contributed by atoms with Gasteiger partial charge in [-0.1, -0.05) is 77.1 Å². The zero-order chi connectivity index (χ0) is 22.5. The molecule has 0 N–H and O–H groups in total. The number of aromatic nitrogens is 1. The van der Waals surface area contributed by atoms with Crippen molar-refractivity contribution in [3.05, 3.63) is 89.1 Å². The van der Waals surface area contributed by atoms with E-state index in [1.165, 1.54) is 49.7 Å². The van der Waals surface area contributed by atoms with Crippen molar-refractivity contribution in [2.45, 2.75) is 59.3 Å². The molecular weight excluding hydrogens is 386 g/mol. The Labute approximate surface area is 192 Å². The van der Waals surface area contributed by atoms with Crippen LogP contribution in [0.25, 0.3) is 33.2 Å². The first-order chi connectivity index (χ1) is 15.3. The smallest absolute Gasteiger partial charge is 0.0740 e. The van der Waals surface area contributed by atoms with Crippen LogP contribution >= 0.6 is 0 Å². The molecule has 1 heterocycles. The van der Waals surface area contributed by atoms with Gasteiger partial charge in [-0.2, -0.15) is 0 Å². The third kappa shape index (κ3) is 3.75. The highest BCUT2D eigenvalue weighted by Gasteiger charge is 2.23. The first-order valence-corrected chi connectivity index (χ1v) is 11.9. The minimum Gasteiger partial charge on any atom is -0.256 e. The summed E-state index contributed by atoms with van der Waals surface area (Å²) in [6.45, 7) is 11.5. The van der Waals surface area contributed by atoms with Gasteiger partial charge in [-0.3, -0.25) is 4.98 Å². The van der Waals surface area contributed by atoms with E-state index < -0.39 is 0 Å². The highest BCUT2D eigenvalue weighted by atomic mass is 14.7. The predicted molar refractivity (Wildman–Crippen MR) is 137 cm³/mol. The Morgan fingerprint density at radius 2 is 1.69 bits per heavy atom. The van der Waals surface area contributed by atoms with Crippen molar-refractivity contribution in [1.29, 1.82) is 0 Å². The summed E-state index contributed by atoms with van der Waals surface area (Å²) >= 11 is 0. The molecule has 0 aliphatic heterocycles. The second-order valence-corrected chi connectivity index (χ2v) is 10.8. The fourth-order valence-electron chi connectivity index (χ4n) is 5.29. The van der Waals surface area contributed by atoms with Crippen LogP contribution in [0.15, 0.2) is 66.9 Å². The van der Waals surface area contributed by atoms with Crippen LogP contribution in [-0.4, -0.2) is 4.98 Å². The molecule has 0 fully saturated rings. The van der Waals surface area contributed by atoms with Crippen LogP contribution in [0.5, 0.6) is 0 Å². The Kier molecular flexibility index (Phi) is 5.16. The molecule has 1 aliphatic rings. The van der Waals surface area contributed by atoms with Crippen LogP contribution in [0.1, 0.15) is 56.9 Å². The zero-order valence-corrected chi connectivity index (χ0v) is 20.0. The van der Waals surface area contributed by atoms with Gasteiger partial charge in [0.15, 0.2) is 0 Å². The maximum Gasteiger partial charge on any atom is 0.0740 e. The van der Waals surface area contributed by atoms with Crippen molar-refractivity contribution >= 4 is 10.8 Å². The molecule has 1 nitrogen and oxygen atoms in total. The summed E-state index contributed by atoms with van der Waals surface area (Å²) in [5.41, 5.74) is 10.9. The largest absolute Gasteiger partial charge is 0.256 e. The molecule has 3 aromatic carbocycles. The minimum atomic E-state index is 0.0733. The molecule has 0 spiro atoms. The SMILES string of the molecule is CC(C)Cc1ccc2c(c1)CCc1c-2ccnc1-c1cc(C(C)(C)C)c2ccccc2c1. The van der Waals surface area contributed by atoms with Crippen LogP contribution in [-0.2, 0) is 24.7 Å². The van der Waals surface area contributed by atoms with Crippen molar-refractivity contribution in [2.75, 3.05) is 0 Å². The van der Waals surface area contributed by atoms with Crippen LogP contribution in [0, 0.1) is 5.92 Å². The van der Waals surface area contributed by atoms with E-state index in [1.54, 1.807) is 0 Å². The predicted octanol–water partition coefficient (Wildman–Crippen LogP) is 8.16. The molecule has 4 aromatic rings. The lowest BCUT2D eigenvalue weighted by Gasteiger charge is -2.25. The summed E-state index contributed by atoms with van der Waals surface area (Å²) in [5.74, 6) is 0.685. The fourth-order valence-corrected chi connectivity index (χ4v) is 5.29. The van der Waals surface area contributed by atoms with Gasteiger partial charge in [-0.05, 0) is 92.9 Å². The van der Waals surface area contributed by atoms with Crippen molar-refractivity contribution in [1.82, 2.24) is 4.98 Å². The summed E-state index contributed by atoms with van der Waals surface area (Å²) in [7, 11) is 0.